The molecule has 0 amide bonds. The van der Waals surface area contributed by atoms with Gasteiger partial charge in [-0.1, -0.05) is 12.1 Å². The predicted molar refractivity (Wildman–Crippen MR) is 97.3 cm³/mol. The van der Waals surface area contributed by atoms with E-state index in [4.69, 9.17) is 0 Å². The van der Waals surface area contributed by atoms with Gasteiger partial charge in [-0.25, -0.2) is 9.97 Å². The minimum atomic E-state index is -4.43. The van der Waals surface area contributed by atoms with E-state index in [1.54, 1.807) is 18.3 Å². The van der Waals surface area contributed by atoms with Gasteiger partial charge >= 0.3 is 6.18 Å². The molecule has 0 N–H and O–H groups in total. The summed E-state index contributed by atoms with van der Waals surface area (Å²) in [5, 5.41) is 13.2. The van der Waals surface area contributed by atoms with Crippen molar-refractivity contribution in [3.63, 3.8) is 0 Å². The van der Waals surface area contributed by atoms with E-state index in [1.807, 2.05) is 0 Å². The lowest BCUT2D eigenvalue weighted by atomic mass is 10.1. The van der Waals surface area contributed by atoms with Crippen molar-refractivity contribution in [3.05, 3.63) is 46.1 Å². The number of fused-ring (bicyclic) bond motifs is 3. The second kappa shape index (κ2) is 6.06. The number of hydrogen-bond donors (Lipinski definition) is 0. The fourth-order valence-corrected chi connectivity index (χ4v) is 4.78. The predicted octanol–water partition coefficient (Wildman–Crippen LogP) is 4.15. The number of halogens is 3. The maximum Gasteiger partial charge on any atom is 0.416 e. The molecule has 5 rings (SSSR count). The molecular weight excluding hydrogens is 389 g/mol. The van der Waals surface area contributed by atoms with E-state index in [-0.39, 0.29) is 11.4 Å². The van der Waals surface area contributed by atoms with Gasteiger partial charge in [-0.3, -0.25) is 0 Å². The fourth-order valence-electron chi connectivity index (χ4n) is 3.48. The Kier molecular flexibility index (Phi) is 3.73. The van der Waals surface area contributed by atoms with Crippen LogP contribution in [0.3, 0.4) is 0 Å². The van der Waals surface area contributed by atoms with Gasteiger partial charge in [0.05, 0.1) is 10.9 Å². The molecule has 1 aliphatic rings. The van der Waals surface area contributed by atoms with Crippen LogP contribution in [0.4, 0.5) is 13.2 Å². The second-order valence-corrected chi connectivity index (χ2v) is 7.70. The van der Waals surface area contributed by atoms with Crippen molar-refractivity contribution in [3.8, 4) is 17.2 Å². The zero-order valence-electron chi connectivity index (χ0n) is 14.7. The number of hydrogen-bond acceptors (Lipinski definition) is 6. The van der Waals surface area contributed by atoms with E-state index in [1.165, 1.54) is 27.4 Å². The van der Waals surface area contributed by atoms with Crippen molar-refractivity contribution < 1.29 is 13.2 Å². The highest BCUT2D eigenvalue weighted by Crippen LogP contribution is 2.38. The first kappa shape index (κ1) is 17.2. The van der Waals surface area contributed by atoms with Crippen LogP contribution in [0.2, 0.25) is 0 Å². The van der Waals surface area contributed by atoms with Crippen molar-refractivity contribution in [1.82, 2.24) is 30.2 Å². The summed E-state index contributed by atoms with van der Waals surface area (Å²) in [7, 11) is 0. The Morgan fingerprint density at radius 3 is 2.82 bits per heavy atom. The molecule has 0 spiro atoms. The van der Waals surface area contributed by atoms with E-state index in [9.17, 15) is 13.2 Å². The van der Waals surface area contributed by atoms with Crippen molar-refractivity contribution in [2.24, 2.45) is 0 Å². The molecule has 0 unspecified atom stereocenters. The third kappa shape index (κ3) is 2.75. The average Bonchev–Trinajstić information content (AvgIpc) is 3.36. The highest BCUT2D eigenvalue weighted by molar-refractivity contribution is 7.19. The van der Waals surface area contributed by atoms with E-state index in [0.717, 1.165) is 41.6 Å². The van der Waals surface area contributed by atoms with Crippen LogP contribution in [0.5, 0.6) is 0 Å². The first-order valence-electron chi connectivity index (χ1n) is 8.67. The van der Waals surface area contributed by atoms with E-state index >= 15 is 0 Å². The molecule has 0 fully saturated rings. The van der Waals surface area contributed by atoms with Crippen molar-refractivity contribution in [2.75, 3.05) is 0 Å². The standard InChI is InChI=1S/C18H13F3N6S/c1-9-22-16(14-12-6-3-7-13(12)28-17(14)23-9)27-25-15(24-26-27)10-4-2-5-11(8-10)18(19,20)21/h2,4-5,8H,3,6-7H2,1H3. The third-order valence-electron chi connectivity index (χ3n) is 4.71. The quantitative estimate of drug-likeness (QED) is 0.504. The number of aryl methyl sites for hydroxylation is 3. The van der Waals surface area contributed by atoms with E-state index in [2.05, 4.69) is 25.4 Å². The van der Waals surface area contributed by atoms with Crippen molar-refractivity contribution >= 4 is 21.6 Å². The normalized spacial score (nSPS) is 14.0. The lowest BCUT2D eigenvalue weighted by molar-refractivity contribution is -0.137. The maximum absolute atomic E-state index is 13.0. The number of alkyl halides is 3. The van der Waals surface area contributed by atoms with Crippen LogP contribution in [-0.4, -0.2) is 30.2 Å². The second-order valence-electron chi connectivity index (χ2n) is 6.61. The molecule has 3 heterocycles. The summed E-state index contributed by atoms with van der Waals surface area (Å²) in [4.78, 5) is 12.5. The zero-order valence-corrected chi connectivity index (χ0v) is 15.5. The summed E-state index contributed by atoms with van der Waals surface area (Å²) < 4.78 is 39.0. The number of tetrazole rings is 1. The van der Waals surface area contributed by atoms with Crippen LogP contribution in [-0.2, 0) is 19.0 Å². The highest BCUT2D eigenvalue weighted by Gasteiger charge is 2.31. The maximum atomic E-state index is 13.0. The van der Waals surface area contributed by atoms with Gasteiger partial charge < -0.3 is 0 Å². The van der Waals surface area contributed by atoms with Crippen LogP contribution in [0.1, 0.15) is 28.2 Å². The summed E-state index contributed by atoms with van der Waals surface area (Å²) in [5.74, 6) is 1.22. The number of thiophene rings is 1. The Balaban J connectivity index is 1.63. The van der Waals surface area contributed by atoms with Crippen molar-refractivity contribution in [1.29, 1.82) is 0 Å². The van der Waals surface area contributed by atoms with Gasteiger partial charge in [-0.05, 0) is 49.1 Å². The fraction of sp³-hybridized carbons (Fsp3) is 0.278. The van der Waals surface area contributed by atoms with Gasteiger partial charge in [0, 0.05) is 10.4 Å². The zero-order chi connectivity index (χ0) is 19.5. The van der Waals surface area contributed by atoms with Gasteiger partial charge in [0.15, 0.2) is 5.82 Å². The minimum absolute atomic E-state index is 0.113. The molecule has 1 aromatic carbocycles. The molecule has 1 aliphatic carbocycles. The largest absolute Gasteiger partial charge is 0.416 e. The molecule has 28 heavy (non-hydrogen) atoms. The third-order valence-corrected chi connectivity index (χ3v) is 5.89. The monoisotopic (exact) mass is 402 g/mol. The Bertz CT molecular complexity index is 1210. The van der Waals surface area contributed by atoms with Gasteiger partial charge in [0.25, 0.3) is 0 Å². The summed E-state index contributed by atoms with van der Waals surface area (Å²) in [5.41, 5.74) is 0.712. The SMILES string of the molecule is Cc1nc(-n2nnc(-c3cccc(C(F)(F)F)c3)n2)c2c3c(sc2n1)CCC3. The molecule has 3 aromatic heterocycles. The smallest absolute Gasteiger partial charge is 0.222 e. The molecule has 6 nitrogen and oxygen atoms in total. The number of nitrogens with zero attached hydrogens (tertiary/aromatic N) is 6. The number of aromatic nitrogens is 6. The lowest BCUT2D eigenvalue weighted by Gasteiger charge is -2.06. The van der Waals surface area contributed by atoms with Crippen LogP contribution in [0.15, 0.2) is 24.3 Å². The summed E-state index contributed by atoms with van der Waals surface area (Å²) in [6, 6.07) is 4.89. The topological polar surface area (TPSA) is 69.4 Å². The summed E-state index contributed by atoms with van der Waals surface area (Å²) in [6.45, 7) is 1.79. The molecule has 0 atom stereocenters. The molecule has 142 valence electrons. The molecule has 10 heteroatoms. The Morgan fingerprint density at radius 1 is 1.14 bits per heavy atom. The van der Waals surface area contributed by atoms with E-state index < -0.39 is 11.7 Å². The first-order chi connectivity index (χ1) is 13.4. The molecular formula is C18H13F3N6S. The lowest BCUT2D eigenvalue weighted by Crippen LogP contribution is -2.06. The number of rotatable bonds is 2. The number of benzene rings is 1. The molecule has 0 aliphatic heterocycles. The van der Waals surface area contributed by atoms with Gasteiger partial charge in [0.1, 0.15) is 10.7 Å². The molecule has 0 radical (unpaired) electrons. The van der Waals surface area contributed by atoms with Crippen LogP contribution < -0.4 is 0 Å². The highest BCUT2D eigenvalue weighted by atomic mass is 32.1. The molecule has 0 bridgehead atoms. The average molecular weight is 402 g/mol. The first-order valence-corrected chi connectivity index (χ1v) is 9.49. The van der Waals surface area contributed by atoms with Crippen LogP contribution in [0, 0.1) is 6.92 Å². The Morgan fingerprint density at radius 2 is 2.00 bits per heavy atom. The van der Waals surface area contributed by atoms with Crippen molar-refractivity contribution in [2.45, 2.75) is 32.4 Å². The Hall–Kier alpha value is -2.88. The van der Waals surface area contributed by atoms with Gasteiger partial charge in [0.2, 0.25) is 5.82 Å². The van der Waals surface area contributed by atoms with Gasteiger partial charge in [-0.15, -0.1) is 26.3 Å². The summed E-state index contributed by atoms with van der Waals surface area (Å²) in [6.07, 6.45) is -1.37. The van der Waals surface area contributed by atoms with Crippen LogP contribution >= 0.6 is 11.3 Å². The summed E-state index contributed by atoms with van der Waals surface area (Å²) >= 11 is 1.65. The van der Waals surface area contributed by atoms with Crippen LogP contribution in [0.25, 0.3) is 27.4 Å². The minimum Gasteiger partial charge on any atom is -0.222 e. The van der Waals surface area contributed by atoms with E-state index in [0.29, 0.717) is 11.6 Å². The Labute approximate surface area is 161 Å². The molecule has 0 saturated carbocycles. The van der Waals surface area contributed by atoms with Gasteiger partial charge in [-0.2, -0.15) is 13.2 Å². The molecule has 0 saturated heterocycles. The molecule has 4 aromatic rings.